The average Bonchev–Trinajstić information content (AvgIpc) is 2.47. The van der Waals surface area contributed by atoms with E-state index in [4.69, 9.17) is 4.74 Å². The van der Waals surface area contributed by atoms with Gasteiger partial charge in [0, 0.05) is 14.5 Å². The number of aliphatic hydroxyl groups is 1. The van der Waals surface area contributed by atoms with E-state index in [9.17, 15) is 5.11 Å². The van der Waals surface area contributed by atoms with Crippen LogP contribution in [0.15, 0.2) is 63.5 Å². The van der Waals surface area contributed by atoms with Gasteiger partial charge in [-0.25, -0.2) is 0 Å². The molecule has 0 spiro atoms. The summed E-state index contributed by atoms with van der Waals surface area (Å²) in [7, 11) is 0. The number of rotatable bonds is 3. The van der Waals surface area contributed by atoms with Crippen molar-refractivity contribution in [3.05, 3.63) is 69.1 Å². The maximum Gasteiger partial charge on any atom is 0.134 e. The zero-order chi connectivity index (χ0) is 15.7. The molecule has 2 nitrogen and oxygen atoms in total. The molecule has 0 fully saturated rings. The van der Waals surface area contributed by atoms with E-state index in [1.54, 1.807) is 6.92 Å². The van der Waals surface area contributed by atoms with Crippen molar-refractivity contribution in [2.45, 2.75) is 13.0 Å². The highest BCUT2D eigenvalue weighted by atomic mass is 79.9. The molecule has 0 heterocycles. The average molecular weight is 422 g/mol. The molecule has 1 N–H and O–H groups in total. The van der Waals surface area contributed by atoms with E-state index in [1.165, 1.54) is 0 Å². The fourth-order valence-electron chi connectivity index (χ4n) is 2.33. The summed E-state index contributed by atoms with van der Waals surface area (Å²) in [5.74, 6) is 1.40. The Morgan fingerprint density at radius 3 is 2.27 bits per heavy atom. The Balaban J connectivity index is 1.99. The SMILES string of the molecule is CC(O)c1ccc(Br)cc1Oc1ccc2cc(Br)ccc2c1. The van der Waals surface area contributed by atoms with Crippen molar-refractivity contribution in [3.8, 4) is 11.5 Å². The summed E-state index contributed by atoms with van der Waals surface area (Å²) in [5.41, 5.74) is 0.763. The summed E-state index contributed by atoms with van der Waals surface area (Å²) in [6, 6.07) is 17.7. The van der Waals surface area contributed by atoms with Crippen LogP contribution >= 0.6 is 31.9 Å². The lowest BCUT2D eigenvalue weighted by atomic mass is 10.1. The summed E-state index contributed by atoms with van der Waals surface area (Å²) in [5, 5.41) is 12.1. The molecule has 22 heavy (non-hydrogen) atoms. The van der Waals surface area contributed by atoms with E-state index in [-0.39, 0.29) is 0 Å². The maximum atomic E-state index is 9.88. The highest BCUT2D eigenvalue weighted by molar-refractivity contribution is 9.10. The van der Waals surface area contributed by atoms with Crippen molar-refractivity contribution >= 4 is 42.6 Å². The van der Waals surface area contributed by atoms with Gasteiger partial charge in [-0.15, -0.1) is 0 Å². The molecule has 0 saturated carbocycles. The molecule has 3 aromatic rings. The molecule has 1 atom stereocenters. The van der Waals surface area contributed by atoms with Gasteiger partial charge in [0.15, 0.2) is 0 Å². The van der Waals surface area contributed by atoms with E-state index in [2.05, 4.69) is 37.9 Å². The second kappa shape index (κ2) is 6.41. The quantitative estimate of drug-likeness (QED) is 0.544. The van der Waals surface area contributed by atoms with Crippen LogP contribution in [0, 0.1) is 0 Å². The number of aliphatic hydroxyl groups excluding tert-OH is 1. The van der Waals surface area contributed by atoms with Gasteiger partial charge in [-0.05, 0) is 54.1 Å². The van der Waals surface area contributed by atoms with Crippen LogP contribution in [0.25, 0.3) is 10.8 Å². The molecule has 4 heteroatoms. The van der Waals surface area contributed by atoms with E-state index in [0.717, 1.165) is 31.0 Å². The van der Waals surface area contributed by atoms with Gasteiger partial charge in [0.1, 0.15) is 11.5 Å². The molecule has 3 aromatic carbocycles. The Morgan fingerprint density at radius 1 is 0.864 bits per heavy atom. The molecular weight excluding hydrogens is 408 g/mol. The summed E-state index contributed by atoms with van der Waals surface area (Å²) in [6.45, 7) is 1.73. The van der Waals surface area contributed by atoms with Crippen molar-refractivity contribution in [2.75, 3.05) is 0 Å². The zero-order valence-electron chi connectivity index (χ0n) is 11.9. The van der Waals surface area contributed by atoms with Crippen LogP contribution in [0.3, 0.4) is 0 Å². The van der Waals surface area contributed by atoms with Gasteiger partial charge in [0.25, 0.3) is 0 Å². The van der Waals surface area contributed by atoms with E-state index in [1.807, 2.05) is 48.5 Å². The minimum absolute atomic E-state index is 0.584. The van der Waals surface area contributed by atoms with Crippen molar-refractivity contribution < 1.29 is 9.84 Å². The normalized spacial score (nSPS) is 12.4. The van der Waals surface area contributed by atoms with Crippen LogP contribution in [-0.4, -0.2) is 5.11 Å². The Bertz CT molecular complexity index is 828. The number of halogens is 2. The van der Waals surface area contributed by atoms with Gasteiger partial charge in [-0.2, -0.15) is 0 Å². The largest absolute Gasteiger partial charge is 0.457 e. The molecule has 0 aliphatic heterocycles. The summed E-state index contributed by atoms with van der Waals surface area (Å²) in [6.07, 6.45) is -0.584. The zero-order valence-corrected chi connectivity index (χ0v) is 15.1. The smallest absolute Gasteiger partial charge is 0.134 e. The Labute approximate surface area is 146 Å². The number of fused-ring (bicyclic) bond motifs is 1. The van der Waals surface area contributed by atoms with E-state index in [0.29, 0.717) is 5.75 Å². The molecule has 0 aliphatic rings. The number of ether oxygens (including phenoxy) is 1. The molecule has 1 unspecified atom stereocenters. The predicted octanol–water partition coefficient (Wildman–Crippen LogP) is 6.21. The minimum Gasteiger partial charge on any atom is -0.457 e. The summed E-state index contributed by atoms with van der Waals surface area (Å²) < 4.78 is 7.95. The van der Waals surface area contributed by atoms with Crippen molar-refractivity contribution in [3.63, 3.8) is 0 Å². The first kappa shape index (κ1) is 15.5. The van der Waals surface area contributed by atoms with Gasteiger partial charge >= 0.3 is 0 Å². The van der Waals surface area contributed by atoms with Crippen LogP contribution < -0.4 is 4.74 Å². The lowest BCUT2D eigenvalue weighted by Crippen LogP contribution is -1.96. The van der Waals surface area contributed by atoms with Crippen LogP contribution in [0.5, 0.6) is 11.5 Å². The van der Waals surface area contributed by atoms with Crippen molar-refractivity contribution in [1.29, 1.82) is 0 Å². The first-order valence-electron chi connectivity index (χ1n) is 6.87. The van der Waals surface area contributed by atoms with E-state index < -0.39 is 6.10 Å². The second-order valence-corrected chi connectivity index (χ2v) is 6.94. The van der Waals surface area contributed by atoms with Crippen molar-refractivity contribution in [1.82, 2.24) is 0 Å². The van der Waals surface area contributed by atoms with Crippen LogP contribution in [-0.2, 0) is 0 Å². The molecule has 112 valence electrons. The van der Waals surface area contributed by atoms with Gasteiger partial charge in [-0.3, -0.25) is 0 Å². The molecule has 3 rings (SSSR count). The first-order chi connectivity index (χ1) is 10.5. The number of hydrogen-bond acceptors (Lipinski definition) is 2. The molecule has 0 bridgehead atoms. The van der Waals surface area contributed by atoms with Gasteiger partial charge in [0.2, 0.25) is 0 Å². The lowest BCUT2D eigenvalue weighted by Gasteiger charge is -2.14. The highest BCUT2D eigenvalue weighted by Crippen LogP contribution is 2.33. The topological polar surface area (TPSA) is 29.5 Å². The molecule has 0 aliphatic carbocycles. The molecule has 0 saturated heterocycles. The fraction of sp³-hybridized carbons (Fsp3) is 0.111. The molecule has 0 radical (unpaired) electrons. The van der Waals surface area contributed by atoms with Gasteiger partial charge in [-0.1, -0.05) is 50.1 Å². The van der Waals surface area contributed by atoms with Crippen LogP contribution in [0.4, 0.5) is 0 Å². The monoisotopic (exact) mass is 420 g/mol. The van der Waals surface area contributed by atoms with Gasteiger partial charge < -0.3 is 9.84 Å². The number of benzene rings is 3. The van der Waals surface area contributed by atoms with Crippen LogP contribution in [0.1, 0.15) is 18.6 Å². The highest BCUT2D eigenvalue weighted by Gasteiger charge is 2.11. The predicted molar refractivity (Wildman–Crippen MR) is 96.5 cm³/mol. The third-order valence-corrected chi connectivity index (χ3v) is 4.41. The lowest BCUT2D eigenvalue weighted by molar-refractivity contribution is 0.195. The summed E-state index contributed by atoms with van der Waals surface area (Å²) in [4.78, 5) is 0. The van der Waals surface area contributed by atoms with E-state index >= 15 is 0 Å². The third kappa shape index (κ3) is 3.35. The van der Waals surface area contributed by atoms with Crippen molar-refractivity contribution in [2.24, 2.45) is 0 Å². The number of hydrogen-bond donors (Lipinski definition) is 1. The molecule has 0 aromatic heterocycles. The van der Waals surface area contributed by atoms with Gasteiger partial charge in [0.05, 0.1) is 6.10 Å². The Hall–Kier alpha value is -1.36. The van der Waals surface area contributed by atoms with Crippen LogP contribution in [0.2, 0.25) is 0 Å². The fourth-order valence-corrected chi connectivity index (χ4v) is 3.05. The maximum absolute atomic E-state index is 9.88. The third-order valence-electron chi connectivity index (χ3n) is 3.43. The second-order valence-electron chi connectivity index (χ2n) is 5.11. The molecular formula is C18H14Br2O2. The Morgan fingerprint density at radius 2 is 1.50 bits per heavy atom. The summed E-state index contributed by atoms with van der Waals surface area (Å²) >= 11 is 6.91. The standard InChI is InChI=1S/C18H14Br2O2/c1-11(21)17-7-5-15(20)10-18(17)22-16-6-3-12-8-14(19)4-2-13(12)9-16/h2-11,21H,1H3. The molecule has 0 amide bonds. The minimum atomic E-state index is -0.584. The first-order valence-corrected chi connectivity index (χ1v) is 8.46. The Kier molecular flexibility index (Phi) is 4.52.